The highest BCUT2D eigenvalue weighted by Crippen LogP contribution is 2.31. The van der Waals surface area contributed by atoms with Gasteiger partial charge in [0.1, 0.15) is 6.42 Å². The summed E-state index contributed by atoms with van der Waals surface area (Å²) in [5.74, 6) is -0.667. The Hall–Kier alpha value is -1.17. The molecule has 1 saturated carbocycles. The second kappa shape index (κ2) is 4.36. The lowest BCUT2D eigenvalue weighted by Gasteiger charge is -2.20. The highest BCUT2D eigenvalue weighted by molar-refractivity contribution is 7.80. The zero-order chi connectivity index (χ0) is 10.7. The maximum absolute atomic E-state index is 11.1. The number of thiocarbonyl (C=S) groups is 1. The minimum atomic E-state index is -0.645. The van der Waals surface area contributed by atoms with Crippen LogP contribution in [0.15, 0.2) is 0 Å². The molecule has 0 bridgehead atoms. The molecule has 0 aromatic carbocycles. The fraction of sp³-hybridized carbons (Fsp3) is 0.625. The van der Waals surface area contributed by atoms with Gasteiger partial charge in [0.2, 0.25) is 11.8 Å². The third-order valence-electron chi connectivity index (χ3n) is 1.88. The average molecular weight is 215 g/mol. The first-order chi connectivity index (χ1) is 6.50. The molecule has 0 saturated heterocycles. The fourth-order valence-electron chi connectivity index (χ4n) is 1.04. The highest BCUT2D eigenvalue weighted by atomic mass is 32.1. The van der Waals surface area contributed by atoms with Crippen molar-refractivity contribution in [3.8, 4) is 0 Å². The summed E-state index contributed by atoms with van der Waals surface area (Å²) in [6, 6.07) is 0. The molecule has 0 spiro atoms. The Labute approximate surface area is 87.6 Å². The molecular formula is C8H13N3O2S. The van der Waals surface area contributed by atoms with Crippen LogP contribution in [-0.4, -0.2) is 28.9 Å². The Balaban J connectivity index is 2.31. The smallest absolute Gasteiger partial charge is 0.247 e. The maximum Gasteiger partial charge on any atom is 0.247 e. The minimum absolute atomic E-state index is 0.308. The van der Waals surface area contributed by atoms with E-state index in [4.69, 9.17) is 18.0 Å². The molecule has 6 heteroatoms. The van der Waals surface area contributed by atoms with Crippen molar-refractivity contribution in [2.75, 3.05) is 7.05 Å². The Kier molecular flexibility index (Phi) is 3.40. The van der Waals surface area contributed by atoms with E-state index in [-0.39, 0.29) is 6.42 Å². The van der Waals surface area contributed by atoms with Gasteiger partial charge in [0.05, 0.1) is 4.99 Å². The van der Waals surface area contributed by atoms with E-state index in [9.17, 15) is 9.59 Å². The van der Waals surface area contributed by atoms with E-state index in [1.54, 1.807) is 7.05 Å². The Morgan fingerprint density at radius 3 is 2.57 bits per heavy atom. The average Bonchev–Trinajstić information content (AvgIpc) is 2.83. The lowest BCUT2D eigenvalue weighted by atomic mass is 10.4. The zero-order valence-electron chi connectivity index (χ0n) is 7.95. The highest BCUT2D eigenvalue weighted by Gasteiger charge is 2.29. The molecule has 0 unspecified atom stereocenters. The van der Waals surface area contributed by atoms with Crippen LogP contribution < -0.4 is 11.2 Å². The van der Waals surface area contributed by atoms with Crippen LogP contribution in [0, 0.1) is 5.92 Å². The van der Waals surface area contributed by atoms with Crippen LogP contribution in [0.1, 0.15) is 19.3 Å². The minimum Gasteiger partial charge on any atom is -0.369 e. The molecule has 0 atom stereocenters. The molecule has 1 fully saturated rings. The third kappa shape index (κ3) is 3.29. The van der Waals surface area contributed by atoms with E-state index in [0.717, 1.165) is 12.8 Å². The number of rotatable bonds is 3. The lowest BCUT2D eigenvalue weighted by Crippen LogP contribution is -2.44. The van der Waals surface area contributed by atoms with Crippen molar-refractivity contribution in [3.05, 3.63) is 0 Å². The van der Waals surface area contributed by atoms with Gasteiger partial charge < -0.3 is 5.73 Å². The second-order valence-corrected chi connectivity index (χ2v) is 3.77. The number of nitrogens with two attached hydrogens (primary N) is 1. The molecule has 0 aromatic heterocycles. The van der Waals surface area contributed by atoms with Gasteiger partial charge in [-0.05, 0) is 12.8 Å². The summed E-state index contributed by atoms with van der Waals surface area (Å²) in [7, 11) is 1.67. The van der Waals surface area contributed by atoms with Gasteiger partial charge in [0, 0.05) is 13.0 Å². The van der Waals surface area contributed by atoms with E-state index in [1.807, 2.05) is 0 Å². The molecular weight excluding hydrogens is 202 g/mol. The molecule has 14 heavy (non-hydrogen) atoms. The number of nitrogens with zero attached hydrogens (tertiary/aromatic N) is 1. The summed E-state index contributed by atoms with van der Waals surface area (Å²) >= 11 is 5.09. The third-order valence-corrected chi connectivity index (χ3v) is 2.49. The first-order valence-electron chi connectivity index (χ1n) is 4.36. The molecule has 0 aliphatic heterocycles. The van der Waals surface area contributed by atoms with Gasteiger partial charge in [-0.25, -0.2) is 0 Å². The van der Waals surface area contributed by atoms with E-state index >= 15 is 0 Å². The van der Waals surface area contributed by atoms with Gasteiger partial charge in [0.15, 0.2) is 0 Å². The Bertz CT molecular complexity index is 276. The van der Waals surface area contributed by atoms with Crippen molar-refractivity contribution >= 4 is 29.0 Å². The molecule has 5 nitrogen and oxygen atoms in total. The molecule has 0 radical (unpaired) electrons. The van der Waals surface area contributed by atoms with Gasteiger partial charge >= 0.3 is 0 Å². The summed E-state index contributed by atoms with van der Waals surface area (Å²) in [5.41, 5.74) is 7.35. The van der Waals surface area contributed by atoms with Crippen LogP contribution in [-0.2, 0) is 9.59 Å². The maximum atomic E-state index is 11.1. The standard InChI is InChI=1S/C8H13N3O2S/c1-11(8(14)5-2-3-5)10-7(13)4-6(9)12/h5H,2-4H2,1H3,(H2,9,12)(H,10,13). The van der Waals surface area contributed by atoms with Crippen LogP contribution in [0.25, 0.3) is 0 Å². The van der Waals surface area contributed by atoms with Gasteiger partial charge in [-0.2, -0.15) is 0 Å². The van der Waals surface area contributed by atoms with Crippen LogP contribution in [0.5, 0.6) is 0 Å². The zero-order valence-corrected chi connectivity index (χ0v) is 8.76. The molecule has 1 aliphatic rings. The van der Waals surface area contributed by atoms with Gasteiger partial charge in [-0.3, -0.25) is 20.0 Å². The van der Waals surface area contributed by atoms with Crippen molar-refractivity contribution in [1.82, 2.24) is 10.4 Å². The van der Waals surface area contributed by atoms with Crippen LogP contribution >= 0.6 is 12.2 Å². The quantitative estimate of drug-likeness (QED) is 0.380. The van der Waals surface area contributed by atoms with Gasteiger partial charge in [0.25, 0.3) is 0 Å². The summed E-state index contributed by atoms with van der Waals surface area (Å²) in [6.45, 7) is 0. The number of nitrogens with one attached hydrogen (secondary N) is 1. The molecule has 0 aromatic rings. The lowest BCUT2D eigenvalue weighted by molar-refractivity contribution is -0.129. The predicted molar refractivity (Wildman–Crippen MR) is 55.0 cm³/mol. The summed E-state index contributed by atoms with van der Waals surface area (Å²) in [4.78, 5) is 22.2. The fourth-order valence-corrected chi connectivity index (χ4v) is 1.33. The van der Waals surface area contributed by atoms with Gasteiger partial charge in [-0.1, -0.05) is 12.2 Å². The molecule has 78 valence electrons. The molecule has 1 rings (SSSR count). The first-order valence-corrected chi connectivity index (χ1v) is 4.77. The monoisotopic (exact) mass is 215 g/mol. The summed E-state index contributed by atoms with van der Waals surface area (Å²) in [6.07, 6.45) is 1.85. The normalized spacial score (nSPS) is 14.6. The van der Waals surface area contributed by atoms with Crippen molar-refractivity contribution in [3.63, 3.8) is 0 Å². The van der Waals surface area contributed by atoms with E-state index in [1.165, 1.54) is 5.01 Å². The van der Waals surface area contributed by atoms with Crippen molar-refractivity contribution < 1.29 is 9.59 Å². The second-order valence-electron chi connectivity index (χ2n) is 3.35. The molecule has 0 heterocycles. The van der Waals surface area contributed by atoms with E-state index in [2.05, 4.69) is 5.43 Å². The van der Waals surface area contributed by atoms with Crippen LogP contribution in [0.3, 0.4) is 0 Å². The number of carbonyl (C=O) groups is 2. The van der Waals surface area contributed by atoms with Crippen LogP contribution in [0.4, 0.5) is 0 Å². The van der Waals surface area contributed by atoms with Gasteiger partial charge in [-0.15, -0.1) is 0 Å². The van der Waals surface area contributed by atoms with E-state index in [0.29, 0.717) is 10.9 Å². The van der Waals surface area contributed by atoms with E-state index < -0.39 is 11.8 Å². The Morgan fingerprint density at radius 2 is 2.14 bits per heavy atom. The first kappa shape index (κ1) is 10.9. The van der Waals surface area contributed by atoms with Crippen molar-refractivity contribution in [2.45, 2.75) is 19.3 Å². The number of carbonyl (C=O) groups excluding carboxylic acids is 2. The number of amides is 2. The number of hydrogen-bond acceptors (Lipinski definition) is 3. The largest absolute Gasteiger partial charge is 0.369 e. The van der Waals surface area contributed by atoms with Crippen molar-refractivity contribution in [1.29, 1.82) is 0 Å². The Morgan fingerprint density at radius 1 is 1.57 bits per heavy atom. The predicted octanol–water partition coefficient (Wildman–Crippen LogP) is -0.438. The number of hydrogen-bond donors (Lipinski definition) is 2. The van der Waals surface area contributed by atoms with Crippen molar-refractivity contribution in [2.24, 2.45) is 11.7 Å². The number of primary amides is 1. The molecule has 2 amide bonds. The number of hydrazine groups is 1. The SMILES string of the molecule is CN(NC(=O)CC(N)=O)C(=S)C1CC1. The molecule has 3 N–H and O–H groups in total. The summed E-state index contributed by atoms with van der Waals surface area (Å²) < 4.78 is 0. The summed E-state index contributed by atoms with van der Waals surface area (Å²) in [5, 5.41) is 1.48. The topological polar surface area (TPSA) is 75.4 Å². The van der Waals surface area contributed by atoms with Crippen LogP contribution in [0.2, 0.25) is 0 Å². The molecule has 1 aliphatic carbocycles.